The maximum absolute atomic E-state index is 12.8. The molecule has 128 valence electrons. The fourth-order valence-corrected chi connectivity index (χ4v) is 3.15. The van der Waals surface area contributed by atoms with E-state index in [1.54, 1.807) is 61.1 Å². The molecule has 0 radical (unpaired) electrons. The molecule has 0 spiro atoms. The smallest absolute Gasteiger partial charge is 0.259 e. The monoisotopic (exact) mass is 393 g/mol. The van der Waals surface area contributed by atoms with E-state index in [2.05, 4.69) is 10.4 Å². The summed E-state index contributed by atoms with van der Waals surface area (Å²) in [4.78, 5) is 12.8. The van der Waals surface area contributed by atoms with E-state index < -0.39 is 0 Å². The predicted molar refractivity (Wildman–Crippen MR) is 103 cm³/mol. The number of hydrogen-bond donors (Lipinski definition) is 1. The van der Waals surface area contributed by atoms with Crippen molar-refractivity contribution in [2.24, 2.45) is 7.05 Å². The fraction of sp³-hybridized carbons (Fsp3) is 0.111. The van der Waals surface area contributed by atoms with Gasteiger partial charge in [0.1, 0.15) is 0 Å². The topological polar surface area (TPSA) is 46.9 Å². The third-order valence-electron chi connectivity index (χ3n) is 3.72. The molecule has 25 heavy (non-hydrogen) atoms. The van der Waals surface area contributed by atoms with E-state index in [1.165, 1.54) is 0 Å². The molecule has 0 unspecified atom stereocenters. The van der Waals surface area contributed by atoms with E-state index in [0.29, 0.717) is 37.7 Å². The molecule has 0 fully saturated rings. The van der Waals surface area contributed by atoms with Gasteiger partial charge >= 0.3 is 0 Å². The molecule has 2 aromatic carbocycles. The van der Waals surface area contributed by atoms with Crippen molar-refractivity contribution in [3.63, 3.8) is 0 Å². The highest BCUT2D eigenvalue weighted by atomic mass is 35.5. The molecular weight excluding hydrogens is 381 g/mol. The minimum atomic E-state index is -0.270. The third kappa shape index (κ3) is 3.66. The normalized spacial score (nSPS) is 10.8. The lowest BCUT2D eigenvalue weighted by Crippen LogP contribution is -2.14. The van der Waals surface area contributed by atoms with E-state index >= 15 is 0 Å². The summed E-state index contributed by atoms with van der Waals surface area (Å²) in [6.45, 7) is 1.79. The van der Waals surface area contributed by atoms with E-state index in [1.807, 2.05) is 0 Å². The Bertz CT molecular complexity index is 966. The zero-order valence-electron chi connectivity index (χ0n) is 13.5. The van der Waals surface area contributed by atoms with Gasteiger partial charge in [-0.15, -0.1) is 0 Å². The second kappa shape index (κ2) is 7.08. The first kappa shape index (κ1) is 17.8. The van der Waals surface area contributed by atoms with Gasteiger partial charge in [-0.3, -0.25) is 9.48 Å². The standard InChI is InChI=1S/C18H14Cl3N3O/c1-10-16(18(25)22-13-5-3-4-12(19)9-13)17(24(2)23-10)11-6-7-14(20)15(21)8-11/h3-9H,1-2H3,(H,22,25). The van der Waals surface area contributed by atoms with Crippen LogP contribution in [0.1, 0.15) is 16.1 Å². The minimum absolute atomic E-state index is 0.270. The van der Waals surface area contributed by atoms with E-state index in [4.69, 9.17) is 34.8 Å². The second-order valence-corrected chi connectivity index (χ2v) is 6.78. The molecule has 7 heteroatoms. The molecule has 1 heterocycles. The Morgan fingerprint density at radius 2 is 1.84 bits per heavy atom. The summed E-state index contributed by atoms with van der Waals surface area (Å²) in [7, 11) is 1.78. The van der Waals surface area contributed by atoms with Gasteiger partial charge in [-0.05, 0) is 37.3 Å². The summed E-state index contributed by atoms with van der Waals surface area (Å²) in [5.74, 6) is -0.270. The van der Waals surface area contributed by atoms with Gasteiger partial charge in [0.05, 0.1) is 27.0 Å². The molecular formula is C18H14Cl3N3O. The first-order valence-electron chi connectivity index (χ1n) is 7.42. The summed E-state index contributed by atoms with van der Waals surface area (Å²) in [5, 5.41) is 8.64. The maximum Gasteiger partial charge on any atom is 0.259 e. The van der Waals surface area contributed by atoms with Crippen molar-refractivity contribution in [3.8, 4) is 11.3 Å². The number of aryl methyl sites for hydroxylation is 2. The van der Waals surface area contributed by atoms with Crippen molar-refractivity contribution < 1.29 is 4.79 Å². The average molecular weight is 395 g/mol. The Balaban J connectivity index is 2.04. The van der Waals surface area contributed by atoms with E-state index in [0.717, 1.165) is 5.56 Å². The predicted octanol–water partition coefficient (Wildman–Crippen LogP) is 5.61. The third-order valence-corrected chi connectivity index (χ3v) is 4.70. The van der Waals surface area contributed by atoms with Gasteiger partial charge in [0.25, 0.3) is 5.91 Å². The number of carbonyl (C=O) groups excluding carboxylic acids is 1. The number of aromatic nitrogens is 2. The summed E-state index contributed by atoms with van der Waals surface area (Å²) in [6.07, 6.45) is 0. The van der Waals surface area contributed by atoms with Crippen LogP contribution in [-0.2, 0) is 7.05 Å². The zero-order chi connectivity index (χ0) is 18.1. The fourth-order valence-electron chi connectivity index (χ4n) is 2.66. The van der Waals surface area contributed by atoms with Crippen LogP contribution < -0.4 is 5.32 Å². The Hall–Kier alpha value is -2.01. The molecule has 1 N–H and O–H groups in total. The number of benzene rings is 2. The summed E-state index contributed by atoms with van der Waals surface area (Å²) in [5.41, 5.74) is 3.12. The van der Waals surface area contributed by atoms with E-state index in [-0.39, 0.29) is 5.91 Å². The number of nitrogens with zero attached hydrogens (tertiary/aromatic N) is 2. The Kier molecular flexibility index (Phi) is 5.04. The van der Waals surface area contributed by atoms with Crippen molar-refractivity contribution in [1.29, 1.82) is 0 Å². The van der Waals surface area contributed by atoms with Gasteiger partial charge in [0.15, 0.2) is 0 Å². The van der Waals surface area contributed by atoms with Crippen LogP contribution in [0.2, 0.25) is 15.1 Å². The van der Waals surface area contributed by atoms with Crippen molar-refractivity contribution in [2.75, 3.05) is 5.32 Å². The molecule has 0 saturated heterocycles. The molecule has 1 amide bonds. The van der Waals surface area contributed by atoms with Crippen molar-refractivity contribution >= 4 is 46.4 Å². The molecule has 0 atom stereocenters. The lowest BCUT2D eigenvalue weighted by Gasteiger charge is -2.09. The molecule has 0 saturated carbocycles. The molecule has 0 aliphatic rings. The molecule has 0 bridgehead atoms. The second-order valence-electron chi connectivity index (χ2n) is 5.53. The number of amides is 1. The minimum Gasteiger partial charge on any atom is -0.322 e. The number of anilines is 1. The zero-order valence-corrected chi connectivity index (χ0v) is 15.7. The molecule has 3 rings (SSSR count). The molecule has 0 aliphatic heterocycles. The van der Waals surface area contributed by atoms with Crippen molar-refractivity contribution in [2.45, 2.75) is 6.92 Å². The van der Waals surface area contributed by atoms with Crippen LogP contribution >= 0.6 is 34.8 Å². The van der Waals surface area contributed by atoms with Crippen LogP contribution in [0, 0.1) is 6.92 Å². The molecule has 3 aromatic rings. The molecule has 4 nitrogen and oxygen atoms in total. The number of hydrogen-bond acceptors (Lipinski definition) is 2. The SMILES string of the molecule is Cc1nn(C)c(-c2ccc(Cl)c(Cl)c2)c1C(=O)Nc1cccc(Cl)c1. The quantitative estimate of drug-likeness (QED) is 0.628. The first-order valence-corrected chi connectivity index (χ1v) is 8.56. The number of nitrogens with one attached hydrogen (secondary N) is 1. The maximum atomic E-state index is 12.8. The number of halogens is 3. The van der Waals surface area contributed by atoms with Gasteiger partial charge in [-0.25, -0.2) is 0 Å². The average Bonchev–Trinajstić information content (AvgIpc) is 2.84. The van der Waals surface area contributed by atoms with Crippen LogP contribution in [-0.4, -0.2) is 15.7 Å². The largest absolute Gasteiger partial charge is 0.322 e. The van der Waals surface area contributed by atoms with Crippen LogP contribution in [0.5, 0.6) is 0 Å². The summed E-state index contributed by atoms with van der Waals surface area (Å²) in [6, 6.07) is 12.2. The van der Waals surface area contributed by atoms with Crippen LogP contribution in [0.3, 0.4) is 0 Å². The van der Waals surface area contributed by atoms with Crippen molar-refractivity contribution in [3.05, 3.63) is 68.8 Å². The van der Waals surface area contributed by atoms with Crippen LogP contribution in [0.4, 0.5) is 5.69 Å². The van der Waals surface area contributed by atoms with Crippen molar-refractivity contribution in [1.82, 2.24) is 9.78 Å². The van der Waals surface area contributed by atoms with Gasteiger partial charge in [-0.2, -0.15) is 5.10 Å². The van der Waals surface area contributed by atoms with Gasteiger partial charge < -0.3 is 5.32 Å². The highest BCUT2D eigenvalue weighted by Crippen LogP contribution is 2.32. The Labute approximate surface area is 160 Å². The first-order chi connectivity index (χ1) is 11.9. The van der Waals surface area contributed by atoms with Crippen LogP contribution in [0.15, 0.2) is 42.5 Å². The summed E-state index contributed by atoms with van der Waals surface area (Å²) >= 11 is 18.1. The van der Waals surface area contributed by atoms with Crippen LogP contribution in [0.25, 0.3) is 11.3 Å². The van der Waals surface area contributed by atoms with E-state index in [9.17, 15) is 4.79 Å². The highest BCUT2D eigenvalue weighted by Gasteiger charge is 2.22. The van der Waals surface area contributed by atoms with Gasteiger partial charge in [0.2, 0.25) is 0 Å². The van der Waals surface area contributed by atoms with Gasteiger partial charge in [-0.1, -0.05) is 46.9 Å². The molecule has 1 aromatic heterocycles. The number of rotatable bonds is 3. The highest BCUT2D eigenvalue weighted by molar-refractivity contribution is 6.42. The Morgan fingerprint density at radius 3 is 2.52 bits per heavy atom. The lowest BCUT2D eigenvalue weighted by atomic mass is 10.0. The summed E-state index contributed by atoms with van der Waals surface area (Å²) < 4.78 is 1.65. The molecule has 0 aliphatic carbocycles. The lowest BCUT2D eigenvalue weighted by molar-refractivity contribution is 0.102. The van der Waals surface area contributed by atoms with Gasteiger partial charge in [0, 0.05) is 23.3 Å². The Morgan fingerprint density at radius 1 is 1.08 bits per heavy atom. The number of carbonyl (C=O) groups is 1.